The maximum Gasteiger partial charge on any atom is 0.170 e. The summed E-state index contributed by atoms with van der Waals surface area (Å²) in [6.07, 6.45) is 2.09. The number of benzene rings is 2. The van der Waals surface area contributed by atoms with E-state index >= 15 is 0 Å². The van der Waals surface area contributed by atoms with Gasteiger partial charge in [0, 0.05) is 18.3 Å². The summed E-state index contributed by atoms with van der Waals surface area (Å²) in [5.74, 6) is 1.40. The van der Waals surface area contributed by atoms with E-state index in [4.69, 9.17) is 17.0 Å². The number of rotatable bonds is 7. The normalized spacial score (nSPS) is 10.5. The third-order valence-corrected chi connectivity index (χ3v) is 4.15. The number of ether oxygens (including phenoxy) is 1. The zero-order valence-corrected chi connectivity index (χ0v) is 15.5. The Morgan fingerprint density at radius 2 is 1.88 bits per heavy atom. The molecule has 0 aromatic heterocycles. The Bertz CT molecular complexity index is 653. The summed E-state index contributed by atoms with van der Waals surface area (Å²) in [5, 5.41) is 7.06. The molecule has 2 rings (SSSR count). The summed E-state index contributed by atoms with van der Waals surface area (Å²) in [6.45, 7) is 5.28. The molecule has 0 heterocycles. The second kappa shape index (κ2) is 9.28. The van der Waals surface area contributed by atoms with Crippen LogP contribution in [0.15, 0.2) is 48.5 Å². The lowest BCUT2D eigenvalue weighted by Crippen LogP contribution is -2.29. The van der Waals surface area contributed by atoms with Crippen LogP contribution in [-0.2, 0) is 6.42 Å². The van der Waals surface area contributed by atoms with Crippen LogP contribution in [0.2, 0.25) is 0 Å². The second-order valence-electron chi connectivity index (χ2n) is 6.11. The molecule has 2 aromatic carbocycles. The van der Waals surface area contributed by atoms with Crippen LogP contribution in [0, 0.1) is 0 Å². The standard InChI is InChI=1S/C20H26N2OS/c1-15(2)17-11-9-16(10-12-17)6-5-13-21-20(24)22-18-7-4-8-19(14-18)23-3/h4,7-12,14-15H,5-6,13H2,1-3H3,(H2,21,22,24). The summed E-state index contributed by atoms with van der Waals surface area (Å²) >= 11 is 5.33. The molecule has 4 heteroatoms. The highest BCUT2D eigenvalue weighted by atomic mass is 32.1. The van der Waals surface area contributed by atoms with Crippen molar-refractivity contribution in [2.24, 2.45) is 0 Å². The minimum atomic E-state index is 0.584. The Kier molecular flexibility index (Phi) is 7.07. The van der Waals surface area contributed by atoms with Crippen molar-refractivity contribution in [1.29, 1.82) is 0 Å². The lowest BCUT2D eigenvalue weighted by atomic mass is 10.0. The van der Waals surface area contributed by atoms with Gasteiger partial charge in [-0.1, -0.05) is 44.2 Å². The fourth-order valence-electron chi connectivity index (χ4n) is 2.44. The first-order valence-corrected chi connectivity index (χ1v) is 8.77. The molecular weight excluding hydrogens is 316 g/mol. The first kappa shape index (κ1) is 18.3. The summed E-state index contributed by atoms with van der Waals surface area (Å²) in [7, 11) is 1.66. The molecule has 0 saturated carbocycles. The van der Waals surface area contributed by atoms with Gasteiger partial charge in [0.25, 0.3) is 0 Å². The van der Waals surface area contributed by atoms with Crippen molar-refractivity contribution in [3.63, 3.8) is 0 Å². The number of hydrogen-bond acceptors (Lipinski definition) is 2. The molecule has 0 atom stereocenters. The number of hydrogen-bond donors (Lipinski definition) is 2. The van der Waals surface area contributed by atoms with E-state index in [0.717, 1.165) is 30.8 Å². The fourth-order valence-corrected chi connectivity index (χ4v) is 2.66. The van der Waals surface area contributed by atoms with Crippen LogP contribution < -0.4 is 15.4 Å². The smallest absolute Gasteiger partial charge is 0.170 e. The van der Waals surface area contributed by atoms with Crippen molar-refractivity contribution >= 4 is 23.0 Å². The van der Waals surface area contributed by atoms with E-state index in [1.54, 1.807) is 7.11 Å². The van der Waals surface area contributed by atoms with Gasteiger partial charge >= 0.3 is 0 Å². The third kappa shape index (κ3) is 5.85. The number of methoxy groups -OCH3 is 1. The topological polar surface area (TPSA) is 33.3 Å². The van der Waals surface area contributed by atoms with Gasteiger partial charge in [-0.05, 0) is 54.2 Å². The molecule has 0 bridgehead atoms. The van der Waals surface area contributed by atoms with Gasteiger partial charge in [0.15, 0.2) is 5.11 Å². The SMILES string of the molecule is COc1cccc(NC(=S)NCCCc2ccc(C(C)C)cc2)c1. The lowest BCUT2D eigenvalue weighted by molar-refractivity contribution is 0.415. The van der Waals surface area contributed by atoms with Crippen molar-refractivity contribution in [1.82, 2.24) is 5.32 Å². The molecule has 0 spiro atoms. The minimum absolute atomic E-state index is 0.584. The van der Waals surface area contributed by atoms with Gasteiger partial charge in [-0.3, -0.25) is 0 Å². The van der Waals surface area contributed by atoms with Gasteiger partial charge < -0.3 is 15.4 Å². The van der Waals surface area contributed by atoms with Crippen LogP contribution in [0.1, 0.15) is 37.3 Å². The fraction of sp³-hybridized carbons (Fsp3) is 0.350. The van der Waals surface area contributed by atoms with Crippen molar-refractivity contribution in [2.75, 3.05) is 19.0 Å². The van der Waals surface area contributed by atoms with E-state index in [1.165, 1.54) is 11.1 Å². The van der Waals surface area contributed by atoms with Gasteiger partial charge in [0.05, 0.1) is 7.11 Å². The van der Waals surface area contributed by atoms with Gasteiger partial charge in [-0.25, -0.2) is 0 Å². The minimum Gasteiger partial charge on any atom is -0.497 e. The van der Waals surface area contributed by atoms with E-state index in [2.05, 4.69) is 48.7 Å². The van der Waals surface area contributed by atoms with Crippen molar-refractivity contribution in [3.05, 3.63) is 59.7 Å². The van der Waals surface area contributed by atoms with E-state index in [0.29, 0.717) is 11.0 Å². The van der Waals surface area contributed by atoms with Crippen LogP contribution in [0.25, 0.3) is 0 Å². The van der Waals surface area contributed by atoms with E-state index in [-0.39, 0.29) is 0 Å². The maximum atomic E-state index is 5.33. The molecule has 0 unspecified atom stereocenters. The number of anilines is 1. The Morgan fingerprint density at radius 3 is 2.54 bits per heavy atom. The molecule has 0 aliphatic carbocycles. The summed E-state index contributed by atoms with van der Waals surface area (Å²) < 4.78 is 5.20. The molecule has 0 aliphatic heterocycles. The second-order valence-corrected chi connectivity index (χ2v) is 6.52. The number of thiocarbonyl (C=S) groups is 1. The van der Waals surface area contributed by atoms with Crippen LogP contribution in [0.3, 0.4) is 0 Å². The van der Waals surface area contributed by atoms with Crippen LogP contribution in [-0.4, -0.2) is 18.8 Å². The lowest BCUT2D eigenvalue weighted by Gasteiger charge is -2.11. The highest BCUT2D eigenvalue weighted by Gasteiger charge is 2.01. The molecule has 2 N–H and O–H groups in total. The van der Waals surface area contributed by atoms with Crippen molar-refractivity contribution in [3.8, 4) is 5.75 Å². The van der Waals surface area contributed by atoms with Gasteiger partial charge in [0.1, 0.15) is 5.75 Å². The third-order valence-electron chi connectivity index (χ3n) is 3.90. The average molecular weight is 343 g/mol. The predicted molar refractivity (Wildman–Crippen MR) is 106 cm³/mol. The number of aryl methyl sites for hydroxylation is 1. The zero-order chi connectivity index (χ0) is 17.4. The number of nitrogens with one attached hydrogen (secondary N) is 2. The molecule has 0 saturated heterocycles. The molecule has 0 radical (unpaired) electrons. The van der Waals surface area contributed by atoms with Crippen molar-refractivity contribution < 1.29 is 4.74 Å². The molecular formula is C20H26N2OS. The van der Waals surface area contributed by atoms with Crippen LogP contribution in [0.5, 0.6) is 5.75 Å². The first-order valence-electron chi connectivity index (χ1n) is 8.36. The van der Waals surface area contributed by atoms with Gasteiger partial charge in [-0.2, -0.15) is 0 Å². The predicted octanol–water partition coefficient (Wildman–Crippen LogP) is 4.74. The summed E-state index contributed by atoms with van der Waals surface area (Å²) in [6, 6.07) is 16.6. The Labute approximate surface area is 150 Å². The first-order chi connectivity index (χ1) is 11.6. The highest BCUT2D eigenvalue weighted by molar-refractivity contribution is 7.80. The largest absolute Gasteiger partial charge is 0.497 e. The average Bonchev–Trinajstić information content (AvgIpc) is 2.59. The quantitative estimate of drug-likeness (QED) is 0.562. The molecule has 0 fully saturated rings. The Balaban J connectivity index is 1.70. The molecule has 128 valence electrons. The summed E-state index contributed by atoms with van der Waals surface area (Å²) in [5.41, 5.74) is 3.68. The molecule has 0 amide bonds. The van der Waals surface area contributed by atoms with E-state index in [9.17, 15) is 0 Å². The van der Waals surface area contributed by atoms with E-state index in [1.807, 2.05) is 24.3 Å². The van der Waals surface area contributed by atoms with Crippen LogP contribution >= 0.6 is 12.2 Å². The van der Waals surface area contributed by atoms with Crippen molar-refractivity contribution in [2.45, 2.75) is 32.6 Å². The van der Waals surface area contributed by atoms with Crippen LogP contribution in [0.4, 0.5) is 5.69 Å². The molecule has 0 aliphatic rings. The van der Waals surface area contributed by atoms with Gasteiger partial charge in [0.2, 0.25) is 0 Å². The zero-order valence-electron chi connectivity index (χ0n) is 14.6. The molecule has 24 heavy (non-hydrogen) atoms. The highest BCUT2D eigenvalue weighted by Crippen LogP contribution is 2.17. The molecule has 3 nitrogen and oxygen atoms in total. The Hall–Kier alpha value is -2.07. The molecule has 2 aromatic rings. The van der Waals surface area contributed by atoms with E-state index < -0.39 is 0 Å². The Morgan fingerprint density at radius 1 is 1.12 bits per heavy atom. The van der Waals surface area contributed by atoms with Gasteiger partial charge in [-0.15, -0.1) is 0 Å². The summed E-state index contributed by atoms with van der Waals surface area (Å²) in [4.78, 5) is 0. The maximum absolute atomic E-state index is 5.33. The monoisotopic (exact) mass is 342 g/mol.